The van der Waals surface area contributed by atoms with Crippen LogP contribution < -0.4 is 10.6 Å². The molecule has 0 unspecified atom stereocenters. The topological polar surface area (TPSA) is 102 Å². The fourth-order valence-corrected chi connectivity index (χ4v) is 2.68. The summed E-state index contributed by atoms with van der Waals surface area (Å²) in [5.74, 6) is -0.362. The Kier molecular flexibility index (Phi) is 5.46. The van der Waals surface area contributed by atoms with E-state index in [4.69, 9.17) is 0 Å². The molecule has 0 saturated heterocycles. The Morgan fingerprint density at radius 3 is 2.70 bits per heavy atom. The third-order valence-electron chi connectivity index (χ3n) is 4.08. The van der Waals surface area contributed by atoms with E-state index in [0.717, 1.165) is 11.3 Å². The molecule has 0 fully saturated rings. The maximum absolute atomic E-state index is 12.4. The molecule has 0 aliphatic heterocycles. The molecule has 0 bridgehead atoms. The fourth-order valence-electron chi connectivity index (χ4n) is 2.68. The molecule has 0 spiro atoms. The molecule has 138 valence electrons. The van der Waals surface area contributed by atoms with Gasteiger partial charge in [-0.2, -0.15) is 5.10 Å². The minimum absolute atomic E-state index is 0.122. The van der Waals surface area contributed by atoms with Crippen LogP contribution in [0.3, 0.4) is 0 Å². The molecule has 3 aromatic rings. The van der Waals surface area contributed by atoms with Crippen LogP contribution >= 0.6 is 0 Å². The average Bonchev–Trinajstić information content (AvgIpc) is 3.17. The van der Waals surface area contributed by atoms with E-state index in [9.17, 15) is 14.9 Å². The van der Waals surface area contributed by atoms with Gasteiger partial charge in [0, 0.05) is 37.6 Å². The minimum Gasteiger partial charge on any atom is -0.387 e. The molecule has 1 heterocycles. The number of aromatic nitrogens is 2. The lowest BCUT2D eigenvalue weighted by atomic mass is 10.1. The molecule has 3 rings (SSSR count). The van der Waals surface area contributed by atoms with Crippen LogP contribution in [0.15, 0.2) is 60.9 Å². The van der Waals surface area contributed by atoms with Crippen molar-refractivity contribution in [2.24, 2.45) is 0 Å². The first-order valence-corrected chi connectivity index (χ1v) is 8.42. The van der Waals surface area contributed by atoms with Crippen LogP contribution in [0.2, 0.25) is 0 Å². The highest BCUT2D eigenvalue weighted by atomic mass is 16.6. The van der Waals surface area contributed by atoms with Gasteiger partial charge in [0.25, 0.3) is 11.6 Å². The van der Waals surface area contributed by atoms with Gasteiger partial charge in [0.1, 0.15) is 0 Å². The molecule has 1 aromatic heterocycles. The second-order valence-corrected chi connectivity index (χ2v) is 5.87. The van der Waals surface area contributed by atoms with E-state index in [0.29, 0.717) is 18.7 Å². The van der Waals surface area contributed by atoms with Crippen molar-refractivity contribution in [2.75, 3.05) is 18.9 Å². The van der Waals surface area contributed by atoms with Crippen molar-refractivity contribution in [1.29, 1.82) is 0 Å². The Morgan fingerprint density at radius 2 is 2.00 bits per heavy atom. The van der Waals surface area contributed by atoms with Gasteiger partial charge in [-0.1, -0.05) is 18.2 Å². The summed E-state index contributed by atoms with van der Waals surface area (Å²) in [5.41, 5.74) is 2.60. The highest BCUT2D eigenvalue weighted by molar-refractivity contribution is 6.00. The maximum Gasteiger partial charge on any atom is 0.270 e. The zero-order chi connectivity index (χ0) is 19.2. The zero-order valence-electron chi connectivity index (χ0n) is 14.8. The number of nitro groups is 1. The molecule has 8 nitrogen and oxygen atoms in total. The van der Waals surface area contributed by atoms with E-state index in [1.54, 1.807) is 17.9 Å². The monoisotopic (exact) mass is 365 g/mol. The Labute approximate surface area is 156 Å². The van der Waals surface area contributed by atoms with Crippen molar-refractivity contribution in [1.82, 2.24) is 15.1 Å². The number of carbonyl (C=O) groups is 1. The highest BCUT2D eigenvalue weighted by Crippen LogP contribution is 2.21. The summed E-state index contributed by atoms with van der Waals surface area (Å²) >= 11 is 0. The standard InChI is InChI=1S/C19H19N5O3/c1-20-18-8-7-16(24(26)27)11-17(18)19(25)21-10-9-14-12-22-23(13-14)15-5-3-2-4-6-15/h2-8,11-13,20H,9-10H2,1H3,(H,21,25). The first kappa shape index (κ1) is 18.1. The lowest BCUT2D eigenvalue weighted by molar-refractivity contribution is -0.384. The number of hydrogen-bond donors (Lipinski definition) is 2. The predicted molar refractivity (Wildman–Crippen MR) is 102 cm³/mol. The number of para-hydroxylation sites is 1. The molecule has 27 heavy (non-hydrogen) atoms. The largest absolute Gasteiger partial charge is 0.387 e. The van der Waals surface area contributed by atoms with Crippen molar-refractivity contribution >= 4 is 17.3 Å². The number of anilines is 1. The van der Waals surface area contributed by atoms with Crippen LogP contribution in [-0.4, -0.2) is 34.2 Å². The van der Waals surface area contributed by atoms with Gasteiger partial charge < -0.3 is 10.6 Å². The van der Waals surface area contributed by atoms with Gasteiger partial charge in [-0.3, -0.25) is 14.9 Å². The molecule has 0 atom stereocenters. The molecule has 2 N–H and O–H groups in total. The van der Waals surface area contributed by atoms with Gasteiger partial charge in [-0.05, 0) is 30.2 Å². The van der Waals surface area contributed by atoms with Crippen LogP contribution in [0, 0.1) is 10.1 Å². The van der Waals surface area contributed by atoms with Gasteiger partial charge >= 0.3 is 0 Å². The number of hydrogen-bond acceptors (Lipinski definition) is 5. The fraction of sp³-hybridized carbons (Fsp3) is 0.158. The Morgan fingerprint density at radius 1 is 1.22 bits per heavy atom. The first-order valence-electron chi connectivity index (χ1n) is 8.42. The van der Waals surface area contributed by atoms with Crippen molar-refractivity contribution in [3.63, 3.8) is 0 Å². The predicted octanol–water partition coefficient (Wildman–Crippen LogP) is 2.79. The lowest BCUT2D eigenvalue weighted by Gasteiger charge is -2.09. The van der Waals surface area contributed by atoms with Gasteiger partial charge in [0.2, 0.25) is 0 Å². The van der Waals surface area contributed by atoms with Gasteiger partial charge in [0.05, 0.1) is 22.4 Å². The van der Waals surface area contributed by atoms with E-state index < -0.39 is 4.92 Å². The van der Waals surface area contributed by atoms with Crippen molar-refractivity contribution < 1.29 is 9.72 Å². The van der Waals surface area contributed by atoms with E-state index in [1.165, 1.54) is 18.2 Å². The first-order chi connectivity index (χ1) is 13.1. The van der Waals surface area contributed by atoms with Crippen molar-refractivity contribution in [3.8, 4) is 5.69 Å². The normalized spacial score (nSPS) is 10.4. The molecule has 2 aromatic carbocycles. The third kappa shape index (κ3) is 4.30. The molecule has 0 aliphatic rings. The van der Waals surface area contributed by atoms with E-state index in [-0.39, 0.29) is 17.2 Å². The van der Waals surface area contributed by atoms with Crippen molar-refractivity contribution in [2.45, 2.75) is 6.42 Å². The Bertz CT molecular complexity index is 953. The molecule has 0 saturated carbocycles. The third-order valence-corrected chi connectivity index (χ3v) is 4.08. The second-order valence-electron chi connectivity index (χ2n) is 5.87. The number of amides is 1. The molecular formula is C19H19N5O3. The number of non-ortho nitro benzene ring substituents is 1. The van der Waals surface area contributed by atoms with Gasteiger partial charge in [-0.15, -0.1) is 0 Å². The highest BCUT2D eigenvalue weighted by Gasteiger charge is 2.16. The van der Waals surface area contributed by atoms with E-state index >= 15 is 0 Å². The second kappa shape index (κ2) is 8.13. The number of nitrogens with one attached hydrogen (secondary N) is 2. The summed E-state index contributed by atoms with van der Waals surface area (Å²) in [6.45, 7) is 0.394. The molecular weight excluding hydrogens is 346 g/mol. The summed E-state index contributed by atoms with van der Waals surface area (Å²) in [5, 5.41) is 20.9. The van der Waals surface area contributed by atoms with Crippen LogP contribution in [0.4, 0.5) is 11.4 Å². The lowest BCUT2D eigenvalue weighted by Crippen LogP contribution is -2.26. The SMILES string of the molecule is CNc1ccc([N+](=O)[O-])cc1C(=O)NCCc1cnn(-c2ccccc2)c1. The van der Waals surface area contributed by atoms with Gasteiger partial charge in [-0.25, -0.2) is 4.68 Å². The summed E-state index contributed by atoms with van der Waals surface area (Å²) in [6, 6.07) is 13.9. The van der Waals surface area contributed by atoms with Crippen LogP contribution in [0.25, 0.3) is 5.69 Å². The molecule has 0 radical (unpaired) electrons. The van der Waals surface area contributed by atoms with Crippen LogP contribution in [-0.2, 0) is 6.42 Å². The minimum atomic E-state index is -0.520. The van der Waals surface area contributed by atoms with Gasteiger partial charge in [0.15, 0.2) is 0 Å². The number of carbonyl (C=O) groups excluding carboxylic acids is 1. The summed E-state index contributed by atoms with van der Waals surface area (Å²) < 4.78 is 1.77. The van der Waals surface area contributed by atoms with Crippen molar-refractivity contribution in [3.05, 3.63) is 82.2 Å². The molecule has 1 amide bonds. The smallest absolute Gasteiger partial charge is 0.270 e. The number of benzene rings is 2. The summed E-state index contributed by atoms with van der Waals surface area (Å²) in [7, 11) is 1.66. The number of nitro benzene ring substituents is 1. The Balaban J connectivity index is 1.63. The maximum atomic E-state index is 12.4. The molecule has 8 heteroatoms. The van der Waals surface area contributed by atoms with E-state index in [2.05, 4.69) is 15.7 Å². The summed E-state index contributed by atoms with van der Waals surface area (Å²) in [6.07, 6.45) is 4.27. The zero-order valence-corrected chi connectivity index (χ0v) is 14.8. The van der Waals surface area contributed by atoms with Crippen LogP contribution in [0.1, 0.15) is 15.9 Å². The quantitative estimate of drug-likeness (QED) is 0.495. The van der Waals surface area contributed by atoms with E-state index in [1.807, 2.05) is 36.5 Å². The Hall–Kier alpha value is -3.68. The number of nitrogens with zero attached hydrogens (tertiary/aromatic N) is 3. The average molecular weight is 365 g/mol. The summed E-state index contributed by atoms with van der Waals surface area (Å²) in [4.78, 5) is 22.8. The molecule has 0 aliphatic carbocycles. The number of rotatable bonds is 7. The van der Waals surface area contributed by atoms with Crippen LogP contribution in [0.5, 0.6) is 0 Å².